The van der Waals surface area contributed by atoms with Crippen molar-refractivity contribution >= 4 is 11.7 Å². The zero-order valence-corrected chi connectivity index (χ0v) is 14.4. The van der Waals surface area contributed by atoms with E-state index < -0.39 is 0 Å². The van der Waals surface area contributed by atoms with Gasteiger partial charge in [0.15, 0.2) is 5.78 Å². The standard InChI is InChI=1S/C18H33NO3/c1-3-4-5-6-7-12-18(21)19-13-16(20)14-22-17-11-9-8-10-15(17)2/h15,17H,3-14H2,1-2H3,(H,19,21). The molecule has 1 rings (SSSR count). The Morgan fingerprint density at radius 2 is 1.82 bits per heavy atom. The molecule has 128 valence electrons. The van der Waals surface area contributed by atoms with E-state index in [2.05, 4.69) is 19.2 Å². The highest BCUT2D eigenvalue weighted by molar-refractivity contribution is 5.86. The van der Waals surface area contributed by atoms with E-state index in [1.165, 1.54) is 38.5 Å². The van der Waals surface area contributed by atoms with Crippen LogP contribution < -0.4 is 5.32 Å². The molecule has 0 saturated heterocycles. The van der Waals surface area contributed by atoms with Crippen LogP contribution in [0, 0.1) is 5.92 Å². The molecule has 1 saturated carbocycles. The smallest absolute Gasteiger partial charge is 0.220 e. The molecule has 1 N–H and O–H groups in total. The van der Waals surface area contributed by atoms with E-state index in [1.807, 2.05) is 0 Å². The number of hydrogen-bond donors (Lipinski definition) is 1. The highest BCUT2D eigenvalue weighted by atomic mass is 16.5. The third-order valence-electron chi connectivity index (χ3n) is 4.48. The van der Waals surface area contributed by atoms with Gasteiger partial charge in [0.2, 0.25) is 5.91 Å². The van der Waals surface area contributed by atoms with Crippen molar-refractivity contribution in [2.45, 2.75) is 84.2 Å². The molecule has 0 aliphatic heterocycles. The summed E-state index contributed by atoms with van der Waals surface area (Å²) in [7, 11) is 0. The van der Waals surface area contributed by atoms with Gasteiger partial charge in [-0.1, -0.05) is 52.4 Å². The molecule has 22 heavy (non-hydrogen) atoms. The van der Waals surface area contributed by atoms with Crippen molar-refractivity contribution in [3.63, 3.8) is 0 Å². The minimum Gasteiger partial charge on any atom is -0.370 e. The molecule has 1 fully saturated rings. The fourth-order valence-electron chi connectivity index (χ4n) is 2.96. The van der Waals surface area contributed by atoms with Crippen LogP contribution in [0.1, 0.15) is 78.1 Å². The van der Waals surface area contributed by atoms with E-state index in [-0.39, 0.29) is 30.9 Å². The van der Waals surface area contributed by atoms with Gasteiger partial charge in [-0.15, -0.1) is 0 Å². The maximum atomic E-state index is 11.8. The summed E-state index contributed by atoms with van der Waals surface area (Å²) in [5, 5.41) is 2.70. The van der Waals surface area contributed by atoms with Crippen LogP contribution >= 0.6 is 0 Å². The Balaban J connectivity index is 2.03. The lowest BCUT2D eigenvalue weighted by Crippen LogP contribution is -2.34. The molecule has 4 heteroatoms. The zero-order valence-electron chi connectivity index (χ0n) is 14.4. The molecule has 0 aromatic carbocycles. The lowest BCUT2D eigenvalue weighted by molar-refractivity contribution is -0.129. The van der Waals surface area contributed by atoms with E-state index in [9.17, 15) is 9.59 Å². The first-order valence-corrected chi connectivity index (χ1v) is 9.03. The van der Waals surface area contributed by atoms with Crippen molar-refractivity contribution in [2.75, 3.05) is 13.2 Å². The SMILES string of the molecule is CCCCCCCC(=O)NCC(=O)COC1CCCCC1C. The topological polar surface area (TPSA) is 55.4 Å². The van der Waals surface area contributed by atoms with Crippen molar-refractivity contribution in [2.24, 2.45) is 5.92 Å². The Kier molecular flexibility index (Phi) is 10.1. The Labute approximate surface area is 135 Å². The molecule has 2 atom stereocenters. The third-order valence-corrected chi connectivity index (χ3v) is 4.48. The van der Waals surface area contributed by atoms with E-state index >= 15 is 0 Å². The first-order valence-electron chi connectivity index (χ1n) is 9.03. The second kappa shape index (κ2) is 11.6. The van der Waals surface area contributed by atoms with Crippen LogP contribution in [0.25, 0.3) is 0 Å². The quantitative estimate of drug-likeness (QED) is 0.593. The second-order valence-electron chi connectivity index (χ2n) is 6.59. The zero-order chi connectivity index (χ0) is 16.2. The summed E-state index contributed by atoms with van der Waals surface area (Å²) in [5.41, 5.74) is 0. The van der Waals surface area contributed by atoms with Gasteiger partial charge in [-0.3, -0.25) is 9.59 Å². The number of Topliss-reactive ketones (excluding diaryl/α,β-unsaturated/α-hetero) is 1. The summed E-state index contributed by atoms with van der Waals surface area (Å²) < 4.78 is 5.71. The van der Waals surface area contributed by atoms with Gasteiger partial charge in [-0.25, -0.2) is 0 Å². The Morgan fingerprint density at radius 1 is 1.09 bits per heavy atom. The molecule has 1 aliphatic rings. The van der Waals surface area contributed by atoms with Crippen LogP contribution in [0.4, 0.5) is 0 Å². The maximum absolute atomic E-state index is 11.8. The van der Waals surface area contributed by atoms with Crippen LogP contribution in [0.3, 0.4) is 0 Å². The van der Waals surface area contributed by atoms with E-state index in [0.29, 0.717) is 12.3 Å². The molecule has 1 aliphatic carbocycles. The molecule has 0 radical (unpaired) electrons. The maximum Gasteiger partial charge on any atom is 0.220 e. The minimum atomic E-state index is -0.0305. The fourth-order valence-corrected chi connectivity index (χ4v) is 2.96. The number of amides is 1. The number of carbonyl (C=O) groups is 2. The van der Waals surface area contributed by atoms with E-state index in [1.54, 1.807) is 0 Å². The summed E-state index contributed by atoms with van der Waals surface area (Å²) >= 11 is 0. The average molecular weight is 311 g/mol. The van der Waals surface area contributed by atoms with Crippen molar-refractivity contribution in [3.05, 3.63) is 0 Å². The molecule has 1 amide bonds. The van der Waals surface area contributed by atoms with Crippen LogP contribution in [0.15, 0.2) is 0 Å². The average Bonchev–Trinajstić information content (AvgIpc) is 2.52. The largest absolute Gasteiger partial charge is 0.370 e. The third kappa shape index (κ3) is 8.52. The highest BCUT2D eigenvalue weighted by Crippen LogP contribution is 2.26. The van der Waals surface area contributed by atoms with Crippen LogP contribution in [0.5, 0.6) is 0 Å². The predicted molar refractivity (Wildman–Crippen MR) is 88.8 cm³/mol. The molecule has 2 unspecified atom stereocenters. The normalized spacial score (nSPS) is 21.5. The summed E-state index contributed by atoms with van der Waals surface area (Å²) in [6.45, 7) is 4.60. The van der Waals surface area contributed by atoms with Gasteiger partial charge in [-0.2, -0.15) is 0 Å². The molecule has 0 aromatic rings. The summed E-state index contributed by atoms with van der Waals surface area (Å²) in [6.07, 6.45) is 11.1. The number of ether oxygens (including phenoxy) is 1. The lowest BCUT2D eigenvalue weighted by Gasteiger charge is -2.28. The van der Waals surface area contributed by atoms with Gasteiger partial charge in [0, 0.05) is 6.42 Å². The molecule has 0 heterocycles. The van der Waals surface area contributed by atoms with E-state index in [0.717, 1.165) is 19.3 Å². The number of rotatable bonds is 11. The summed E-state index contributed by atoms with van der Waals surface area (Å²) in [6, 6.07) is 0. The Bertz CT molecular complexity index is 330. The molecule has 0 spiro atoms. The number of unbranched alkanes of at least 4 members (excludes halogenated alkanes) is 4. The first kappa shape index (κ1) is 19.1. The number of nitrogens with one attached hydrogen (secondary N) is 1. The minimum absolute atomic E-state index is 0.0177. The molecular weight excluding hydrogens is 278 g/mol. The highest BCUT2D eigenvalue weighted by Gasteiger charge is 2.22. The monoisotopic (exact) mass is 311 g/mol. The van der Waals surface area contributed by atoms with Crippen molar-refractivity contribution in [1.82, 2.24) is 5.32 Å². The van der Waals surface area contributed by atoms with Crippen LogP contribution in [-0.2, 0) is 14.3 Å². The summed E-state index contributed by atoms with van der Waals surface area (Å²) in [4.78, 5) is 23.4. The van der Waals surface area contributed by atoms with Gasteiger partial charge < -0.3 is 10.1 Å². The van der Waals surface area contributed by atoms with Gasteiger partial charge in [-0.05, 0) is 25.2 Å². The van der Waals surface area contributed by atoms with Crippen LogP contribution in [-0.4, -0.2) is 30.9 Å². The molecule has 0 aromatic heterocycles. The van der Waals surface area contributed by atoms with Crippen molar-refractivity contribution in [1.29, 1.82) is 0 Å². The Hall–Kier alpha value is -0.900. The molecule has 0 bridgehead atoms. The first-order chi connectivity index (χ1) is 10.6. The molecular formula is C18H33NO3. The number of carbonyl (C=O) groups excluding carboxylic acids is 2. The lowest BCUT2D eigenvalue weighted by atomic mass is 9.88. The summed E-state index contributed by atoms with van der Waals surface area (Å²) in [5.74, 6) is 0.493. The van der Waals surface area contributed by atoms with E-state index in [4.69, 9.17) is 4.74 Å². The van der Waals surface area contributed by atoms with Gasteiger partial charge >= 0.3 is 0 Å². The number of hydrogen-bond acceptors (Lipinski definition) is 3. The van der Waals surface area contributed by atoms with Crippen molar-refractivity contribution < 1.29 is 14.3 Å². The molecule has 4 nitrogen and oxygen atoms in total. The number of ketones is 1. The van der Waals surface area contributed by atoms with Gasteiger partial charge in [0.05, 0.1) is 12.6 Å². The van der Waals surface area contributed by atoms with Gasteiger partial charge in [0.25, 0.3) is 0 Å². The Morgan fingerprint density at radius 3 is 2.55 bits per heavy atom. The fraction of sp³-hybridized carbons (Fsp3) is 0.889. The second-order valence-corrected chi connectivity index (χ2v) is 6.59. The predicted octanol–water partition coefficient (Wildman–Crippen LogP) is 3.63. The van der Waals surface area contributed by atoms with Crippen molar-refractivity contribution in [3.8, 4) is 0 Å². The van der Waals surface area contributed by atoms with Gasteiger partial charge in [0.1, 0.15) is 6.61 Å². The van der Waals surface area contributed by atoms with Crippen LogP contribution in [0.2, 0.25) is 0 Å².